The molecule has 27 heavy (non-hydrogen) atoms. The van der Waals surface area contributed by atoms with Crippen molar-refractivity contribution < 1.29 is 5.11 Å². The molecule has 156 valence electrons. The van der Waals surface area contributed by atoms with Crippen LogP contribution in [-0.2, 0) is 12.6 Å². The maximum absolute atomic E-state index is 10.7. The fraction of sp³-hybridized carbons (Fsp3) is 0.789. The molecular weight excluding hydrogens is 455 g/mol. The minimum atomic E-state index is -1.03. The maximum Gasteiger partial charge on any atom is 0.191 e. The van der Waals surface area contributed by atoms with Gasteiger partial charge in [0.15, 0.2) is 5.96 Å². The van der Waals surface area contributed by atoms with E-state index in [4.69, 9.17) is 0 Å². The molecule has 8 heteroatoms. The number of nitrogens with one attached hydrogen (secondary N) is 2. The minimum absolute atomic E-state index is 0. The summed E-state index contributed by atoms with van der Waals surface area (Å²) in [5, 5.41) is 21.4. The third-order valence-corrected chi connectivity index (χ3v) is 5.07. The SMILES string of the molecule is CCNC(=NCC(C)(O)c1cnn(C)c1)NCCCN1CCCCC1C.I. The summed E-state index contributed by atoms with van der Waals surface area (Å²) < 4.78 is 1.69. The van der Waals surface area contributed by atoms with Crippen LogP contribution in [0.15, 0.2) is 17.4 Å². The molecule has 0 saturated carbocycles. The molecule has 0 aliphatic carbocycles. The molecule has 2 unspecified atom stereocenters. The Morgan fingerprint density at radius 2 is 2.19 bits per heavy atom. The highest BCUT2D eigenvalue weighted by Crippen LogP contribution is 2.20. The lowest BCUT2D eigenvalue weighted by Crippen LogP contribution is -2.42. The number of aliphatic hydroxyl groups is 1. The van der Waals surface area contributed by atoms with Crippen molar-refractivity contribution in [2.45, 2.75) is 58.1 Å². The van der Waals surface area contributed by atoms with Gasteiger partial charge in [0.25, 0.3) is 0 Å². The molecule has 1 aliphatic heterocycles. The number of aromatic nitrogens is 2. The number of piperidine rings is 1. The molecule has 2 rings (SSSR count). The molecule has 2 atom stereocenters. The molecule has 1 aromatic heterocycles. The number of likely N-dealkylation sites (tertiary alicyclic amines) is 1. The summed E-state index contributed by atoms with van der Waals surface area (Å²) in [6.45, 7) is 10.5. The van der Waals surface area contributed by atoms with E-state index in [0.29, 0.717) is 6.04 Å². The van der Waals surface area contributed by atoms with E-state index < -0.39 is 5.60 Å². The summed E-state index contributed by atoms with van der Waals surface area (Å²) in [7, 11) is 1.84. The van der Waals surface area contributed by atoms with Gasteiger partial charge in [-0.25, -0.2) is 4.99 Å². The standard InChI is InChI=1S/C19H36N6O.HI/c1-5-20-18(21-10-8-12-25-11-7-6-9-16(25)2)22-15-19(3,26)17-13-23-24(4)14-17;/h13-14,16,26H,5-12,15H2,1-4H3,(H2,20,21,22);1H. The molecule has 0 radical (unpaired) electrons. The number of hydrogen-bond donors (Lipinski definition) is 3. The topological polar surface area (TPSA) is 77.7 Å². The normalized spacial score (nSPS) is 20.6. The Kier molecular flexibility index (Phi) is 10.6. The van der Waals surface area contributed by atoms with Gasteiger partial charge in [-0.1, -0.05) is 6.42 Å². The number of guanidine groups is 1. The van der Waals surface area contributed by atoms with Gasteiger partial charge in [0.1, 0.15) is 5.60 Å². The average molecular weight is 492 g/mol. The zero-order chi connectivity index (χ0) is 19.0. The van der Waals surface area contributed by atoms with Crippen molar-refractivity contribution in [2.24, 2.45) is 12.0 Å². The Morgan fingerprint density at radius 3 is 2.81 bits per heavy atom. The fourth-order valence-electron chi connectivity index (χ4n) is 3.34. The lowest BCUT2D eigenvalue weighted by atomic mass is 10.0. The lowest BCUT2D eigenvalue weighted by Gasteiger charge is -2.33. The van der Waals surface area contributed by atoms with E-state index in [1.807, 2.05) is 20.2 Å². The van der Waals surface area contributed by atoms with E-state index >= 15 is 0 Å². The highest BCUT2D eigenvalue weighted by Gasteiger charge is 2.24. The molecule has 1 fully saturated rings. The van der Waals surface area contributed by atoms with Gasteiger partial charge in [-0.3, -0.25) is 4.68 Å². The molecule has 1 aliphatic rings. The second-order valence-electron chi connectivity index (χ2n) is 7.53. The number of nitrogens with zero attached hydrogens (tertiary/aromatic N) is 4. The van der Waals surface area contributed by atoms with Gasteiger partial charge < -0.3 is 20.6 Å². The predicted molar refractivity (Wildman–Crippen MR) is 122 cm³/mol. The smallest absolute Gasteiger partial charge is 0.191 e. The van der Waals surface area contributed by atoms with Gasteiger partial charge in [-0.2, -0.15) is 5.10 Å². The van der Waals surface area contributed by atoms with Crippen molar-refractivity contribution in [3.63, 3.8) is 0 Å². The Balaban J connectivity index is 0.00000364. The van der Waals surface area contributed by atoms with Crippen LogP contribution < -0.4 is 10.6 Å². The van der Waals surface area contributed by atoms with Crippen LogP contribution in [-0.4, -0.2) is 64.5 Å². The van der Waals surface area contributed by atoms with E-state index in [0.717, 1.165) is 37.6 Å². The van der Waals surface area contributed by atoms with Crippen molar-refractivity contribution in [1.29, 1.82) is 0 Å². The molecule has 1 saturated heterocycles. The largest absolute Gasteiger partial charge is 0.383 e. The summed E-state index contributed by atoms with van der Waals surface area (Å²) in [5.41, 5.74) is -0.251. The van der Waals surface area contributed by atoms with E-state index in [2.05, 4.69) is 32.5 Å². The summed E-state index contributed by atoms with van der Waals surface area (Å²) in [4.78, 5) is 7.15. The molecule has 3 N–H and O–H groups in total. The first-order chi connectivity index (χ1) is 12.4. The van der Waals surface area contributed by atoms with Gasteiger partial charge in [0.2, 0.25) is 0 Å². The van der Waals surface area contributed by atoms with E-state index in [1.165, 1.54) is 25.8 Å². The summed E-state index contributed by atoms with van der Waals surface area (Å²) in [6.07, 6.45) is 8.62. The summed E-state index contributed by atoms with van der Waals surface area (Å²) in [5.74, 6) is 0.753. The van der Waals surface area contributed by atoms with Crippen LogP contribution >= 0.6 is 24.0 Å². The van der Waals surface area contributed by atoms with Crippen molar-refractivity contribution in [2.75, 3.05) is 32.7 Å². The van der Waals surface area contributed by atoms with Crippen molar-refractivity contribution in [1.82, 2.24) is 25.3 Å². The number of hydrogen-bond acceptors (Lipinski definition) is 4. The van der Waals surface area contributed by atoms with Crippen LogP contribution in [0.4, 0.5) is 0 Å². The van der Waals surface area contributed by atoms with Gasteiger partial charge in [-0.15, -0.1) is 24.0 Å². The Labute approximate surface area is 181 Å². The summed E-state index contributed by atoms with van der Waals surface area (Å²) >= 11 is 0. The quantitative estimate of drug-likeness (QED) is 0.224. The van der Waals surface area contributed by atoms with Crippen LogP contribution in [0.2, 0.25) is 0 Å². The van der Waals surface area contributed by atoms with E-state index in [1.54, 1.807) is 17.8 Å². The maximum atomic E-state index is 10.7. The third kappa shape index (κ3) is 7.95. The second kappa shape index (κ2) is 11.9. The van der Waals surface area contributed by atoms with Crippen LogP contribution in [0.3, 0.4) is 0 Å². The van der Waals surface area contributed by atoms with Crippen LogP contribution in [0.25, 0.3) is 0 Å². The Bertz CT molecular complexity index is 574. The van der Waals surface area contributed by atoms with Gasteiger partial charge >= 0.3 is 0 Å². The molecule has 0 amide bonds. The molecule has 7 nitrogen and oxygen atoms in total. The van der Waals surface area contributed by atoms with Crippen molar-refractivity contribution in [3.05, 3.63) is 18.0 Å². The summed E-state index contributed by atoms with van der Waals surface area (Å²) in [6, 6.07) is 0.709. The Hall–Kier alpha value is -0.870. The average Bonchev–Trinajstić information content (AvgIpc) is 3.05. The second-order valence-corrected chi connectivity index (χ2v) is 7.53. The van der Waals surface area contributed by atoms with E-state index in [-0.39, 0.29) is 30.5 Å². The van der Waals surface area contributed by atoms with Crippen LogP contribution in [0, 0.1) is 0 Å². The highest BCUT2D eigenvalue weighted by molar-refractivity contribution is 14.0. The first-order valence-electron chi connectivity index (χ1n) is 9.90. The fourth-order valence-corrected chi connectivity index (χ4v) is 3.34. The minimum Gasteiger partial charge on any atom is -0.383 e. The zero-order valence-electron chi connectivity index (χ0n) is 17.2. The number of aryl methyl sites for hydroxylation is 1. The zero-order valence-corrected chi connectivity index (χ0v) is 19.6. The molecule has 1 aromatic rings. The van der Waals surface area contributed by atoms with E-state index in [9.17, 15) is 5.11 Å². The number of halogens is 1. The molecule has 0 spiro atoms. The molecular formula is C19H37IN6O. The monoisotopic (exact) mass is 492 g/mol. The van der Waals surface area contributed by atoms with Crippen molar-refractivity contribution >= 4 is 29.9 Å². The number of aliphatic imine (C=N–C) groups is 1. The predicted octanol–water partition coefficient (Wildman–Crippen LogP) is 2.07. The molecule has 2 heterocycles. The Morgan fingerprint density at radius 1 is 1.41 bits per heavy atom. The number of rotatable bonds is 8. The van der Waals surface area contributed by atoms with Crippen LogP contribution in [0.5, 0.6) is 0 Å². The lowest BCUT2D eigenvalue weighted by molar-refractivity contribution is 0.0671. The van der Waals surface area contributed by atoms with Gasteiger partial charge in [0, 0.05) is 44.5 Å². The van der Waals surface area contributed by atoms with Crippen molar-refractivity contribution in [3.8, 4) is 0 Å². The third-order valence-electron chi connectivity index (χ3n) is 5.07. The molecule has 0 bridgehead atoms. The molecule has 0 aromatic carbocycles. The van der Waals surface area contributed by atoms with Gasteiger partial charge in [0.05, 0.1) is 12.7 Å². The first kappa shape index (κ1) is 24.2. The highest BCUT2D eigenvalue weighted by atomic mass is 127. The first-order valence-corrected chi connectivity index (χ1v) is 9.90. The van der Waals surface area contributed by atoms with Gasteiger partial charge in [-0.05, 0) is 46.6 Å². The van der Waals surface area contributed by atoms with Crippen LogP contribution in [0.1, 0.15) is 52.0 Å².